The minimum Gasteiger partial charge on any atom is -0.478 e. The normalized spacial score (nSPS) is 12.7. The second kappa shape index (κ2) is 6.10. The molecule has 0 aliphatic carbocycles. The van der Waals surface area contributed by atoms with Crippen LogP contribution in [0.3, 0.4) is 0 Å². The second-order valence-electron chi connectivity index (χ2n) is 5.09. The van der Waals surface area contributed by atoms with Gasteiger partial charge in [0.25, 0.3) is 4.59 Å². The summed E-state index contributed by atoms with van der Waals surface area (Å²) in [4.78, 5) is 10.7. The molecular weight excluding hydrogens is 342 g/mol. The number of sulfone groups is 1. The molecule has 0 saturated heterocycles. The van der Waals surface area contributed by atoms with Crippen molar-refractivity contribution in [3.8, 4) is 0 Å². The smallest absolute Gasteiger partial charge is 0.335 e. The third kappa shape index (κ3) is 4.08. The third-order valence-electron chi connectivity index (χ3n) is 2.81. The predicted octanol–water partition coefficient (Wildman–Crippen LogP) is 3.68. The molecule has 1 rings (SSSR count). The van der Waals surface area contributed by atoms with Crippen molar-refractivity contribution in [2.75, 3.05) is 5.75 Å². The molecule has 0 saturated carbocycles. The molecule has 1 N–H and O–H groups in total. The minimum atomic E-state index is -3.93. The van der Waals surface area contributed by atoms with Gasteiger partial charge in [-0.25, -0.2) is 17.6 Å². The SMILES string of the molecule is Cc1c(C(=O)O)ccc(C(F)(Cl)Cl)c1S(=O)(=O)CC(C)C. The highest BCUT2D eigenvalue weighted by Gasteiger charge is 2.36. The zero-order valence-corrected chi connectivity index (χ0v) is 14.0. The summed E-state index contributed by atoms with van der Waals surface area (Å²) in [7, 11) is -3.93. The molecule has 0 fully saturated rings. The van der Waals surface area contributed by atoms with Crippen LogP contribution in [0.15, 0.2) is 17.0 Å². The fourth-order valence-corrected chi connectivity index (χ4v) is 4.66. The fraction of sp³-hybridized carbons (Fsp3) is 0.462. The molecule has 1 aromatic carbocycles. The number of rotatable bonds is 5. The molecule has 21 heavy (non-hydrogen) atoms. The molecule has 0 bridgehead atoms. The van der Waals surface area contributed by atoms with Crippen LogP contribution in [-0.4, -0.2) is 25.2 Å². The summed E-state index contributed by atoms with van der Waals surface area (Å²) < 4.78 is 35.8. The van der Waals surface area contributed by atoms with E-state index in [9.17, 15) is 17.6 Å². The number of halogens is 3. The summed E-state index contributed by atoms with van der Waals surface area (Å²) in [5.41, 5.74) is -0.781. The topological polar surface area (TPSA) is 71.4 Å². The standard InChI is InChI=1S/C13H15Cl2FO4S/c1-7(2)6-21(19,20)11-8(3)9(12(17)18)4-5-10(11)13(14,15)16/h4-5,7H,6H2,1-3H3,(H,17,18). The Balaban J connectivity index is 3.74. The number of hydrogen-bond acceptors (Lipinski definition) is 3. The third-order valence-corrected chi connectivity index (χ3v) is 5.47. The molecule has 0 spiro atoms. The summed E-state index contributed by atoms with van der Waals surface area (Å²) in [5.74, 6) is -1.81. The Labute approximate surface area is 132 Å². The van der Waals surface area contributed by atoms with E-state index in [-0.39, 0.29) is 22.8 Å². The summed E-state index contributed by atoms with van der Waals surface area (Å²) >= 11 is 10.8. The molecular formula is C13H15Cl2FO4S. The number of carbonyl (C=O) groups is 1. The molecule has 0 atom stereocenters. The van der Waals surface area contributed by atoms with Gasteiger partial charge in [0, 0.05) is 5.56 Å². The van der Waals surface area contributed by atoms with E-state index in [4.69, 9.17) is 28.3 Å². The van der Waals surface area contributed by atoms with Crippen LogP contribution in [0.25, 0.3) is 0 Å². The van der Waals surface area contributed by atoms with Gasteiger partial charge in [-0.3, -0.25) is 0 Å². The lowest BCUT2D eigenvalue weighted by Gasteiger charge is -2.19. The molecule has 0 amide bonds. The Kier molecular flexibility index (Phi) is 5.29. The van der Waals surface area contributed by atoms with Gasteiger partial charge in [0.15, 0.2) is 9.84 Å². The van der Waals surface area contributed by atoms with Gasteiger partial charge in [-0.1, -0.05) is 43.1 Å². The van der Waals surface area contributed by atoms with E-state index in [2.05, 4.69) is 0 Å². The molecule has 0 aliphatic rings. The first-order chi connectivity index (χ1) is 9.38. The van der Waals surface area contributed by atoms with Gasteiger partial charge in [0.05, 0.1) is 16.2 Å². The summed E-state index contributed by atoms with van der Waals surface area (Å²) in [6.07, 6.45) is 0. The van der Waals surface area contributed by atoms with Crippen LogP contribution in [-0.2, 0) is 14.4 Å². The number of benzene rings is 1. The lowest BCUT2D eigenvalue weighted by atomic mass is 10.1. The average Bonchev–Trinajstić information content (AvgIpc) is 2.24. The quantitative estimate of drug-likeness (QED) is 0.816. The maximum atomic E-state index is 13.9. The zero-order chi connectivity index (χ0) is 16.6. The van der Waals surface area contributed by atoms with Crippen LogP contribution in [0.2, 0.25) is 0 Å². The van der Waals surface area contributed by atoms with E-state index in [0.717, 1.165) is 12.1 Å². The Bertz CT molecular complexity index is 663. The van der Waals surface area contributed by atoms with Crippen LogP contribution in [0, 0.1) is 12.8 Å². The largest absolute Gasteiger partial charge is 0.478 e. The first kappa shape index (κ1) is 18.2. The van der Waals surface area contributed by atoms with Crippen molar-refractivity contribution in [3.63, 3.8) is 0 Å². The molecule has 0 heterocycles. The van der Waals surface area contributed by atoms with Gasteiger partial charge >= 0.3 is 5.97 Å². The van der Waals surface area contributed by atoms with Crippen molar-refractivity contribution in [2.24, 2.45) is 5.92 Å². The van der Waals surface area contributed by atoms with Crippen LogP contribution >= 0.6 is 23.2 Å². The zero-order valence-electron chi connectivity index (χ0n) is 11.7. The van der Waals surface area contributed by atoms with Gasteiger partial charge in [-0.15, -0.1) is 0 Å². The second-order valence-corrected chi connectivity index (χ2v) is 8.30. The van der Waals surface area contributed by atoms with Gasteiger partial charge in [-0.2, -0.15) is 0 Å². The molecule has 0 aromatic heterocycles. The van der Waals surface area contributed by atoms with Crippen LogP contribution in [0.1, 0.15) is 35.3 Å². The Morgan fingerprint density at radius 3 is 2.29 bits per heavy atom. The summed E-state index contributed by atoms with van der Waals surface area (Å²) in [6.45, 7) is 4.65. The predicted molar refractivity (Wildman–Crippen MR) is 79.5 cm³/mol. The van der Waals surface area contributed by atoms with Crippen LogP contribution < -0.4 is 0 Å². The lowest BCUT2D eigenvalue weighted by molar-refractivity contribution is 0.0695. The highest BCUT2D eigenvalue weighted by Crippen LogP contribution is 2.41. The Morgan fingerprint density at radius 1 is 1.38 bits per heavy atom. The van der Waals surface area contributed by atoms with E-state index in [1.807, 2.05) is 0 Å². The first-order valence-electron chi connectivity index (χ1n) is 6.04. The van der Waals surface area contributed by atoms with Crippen molar-refractivity contribution in [2.45, 2.75) is 30.3 Å². The van der Waals surface area contributed by atoms with Crippen molar-refractivity contribution in [3.05, 3.63) is 28.8 Å². The van der Waals surface area contributed by atoms with Gasteiger partial charge in [0.2, 0.25) is 0 Å². The Morgan fingerprint density at radius 2 is 1.90 bits per heavy atom. The molecule has 4 nitrogen and oxygen atoms in total. The highest BCUT2D eigenvalue weighted by atomic mass is 35.5. The maximum Gasteiger partial charge on any atom is 0.335 e. The minimum absolute atomic E-state index is 0.0797. The van der Waals surface area contributed by atoms with Gasteiger partial charge in [-0.05, 0) is 24.5 Å². The lowest BCUT2D eigenvalue weighted by Crippen LogP contribution is -2.20. The number of alkyl halides is 3. The monoisotopic (exact) mass is 356 g/mol. The van der Waals surface area contributed by atoms with Crippen molar-refractivity contribution >= 4 is 39.0 Å². The molecule has 0 unspecified atom stereocenters. The van der Waals surface area contributed by atoms with E-state index in [1.165, 1.54) is 6.92 Å². The molecule has 0 radical (unpaired) electrons. The molecule has 0 aliphatic heterocycles. The Hall–Kier alpha value is -0.850. The number of carboxylic acids is 1. The van der Waals surface area contributed by atoms with Crippen molar-refractivity contribution in [1.29, 1.82) is 0 Å². The van der Waals surface area contributed by atoms with E-state index in [0.29, 0.717) is 0 Å². The van der Waals surface area contributed by atoms with Gasteiger partial charge < -0.3 is 5.11 Å². The summed E-state index contributed by atoms with van der Waals surface area (Å²) in [6, 6.07) is 2.07. The molecule has 118 valence electrons. The molecule has 1 aromatic rings. The number of hydrogen-bond donors (Lipinski definition) is 1. The maximum absolute atomic E-state index is 13.9. The van der Waals surface area contributed by atoms with Crippen LogP contribution in [0.5, 0.6) is 0 Å². The number of carboxylic acid groups (broad SMARTS) is 1. The van der Waals surface area contributed by atoms with Crippen molar-refractivity contribution in [1.82, 2.24) is 0 Å². The fourth-order valence-electron chi connectivity index (χ4n) is 2.07. The highest BCUT2D eigenvalue weighted by molar-refractivity contribution is 7.91. The average molecular weight is 357 g/mol. The van der Waals surface area contributed by atoms with E-state index in [1.54, 1.807) is 13.8 Å². The molecule has 8 heteroatoms. The van der Waals surface area contributed by atoms with Crippen molar-refractivity contribution < 1.29 is 22.7 Å². The summed E-state index contributed by atoms with van der Waals surface area (Å²) in [5, 5.41) is 9.08. The first-order valence-corrected chi connectivity index (χ1v) is 8.45. The van der Waals surface area contributed by atoms with E-state index >= 15 is 0 Å². The van der Waals surface area contributed by atoms with E-state index < -0.39 is 30.9 Å². The number of aromatic carboxylic acids is 1. The van der Waals surface area contributed by atoms with Crippen LogP contribution in [0.4, 0.5) is 4.39 Å². The van der Waals surface area contributed by atoms with Gasteiger partial charge in [0.1, 0.15) is 0 Å².